The van der Waals surface area contributed by atoms with Crippen molar-refractivity contribution in [2.24, 2.45) is 11.7 Å². The zero-order valence-corrected chi connectivity index (χ0v) is 13.9. The maximum atomic E-state index is 11.9. The zero-order chi connectivity index (χ0) is 16.6. The Balaban J connectivity index is 2.35. The van der Waals surface area contributed by atoms with Crippen LogP contribution in [0.3, 0.4) is 0 Å². The number of benzene rings is 1. The molecule has 7 heteroatoms. The molecule has 0 radical (unpaired) electrons. The zero-order valence-electron chi connectivity index (χ0n) is 13.1. The number of rotatable bonds is 9. The van der Waals surface area contributed by atoms with Gasteiger partial charge in [0, 0.05) is 13.1 Å². The van der Waals surface area contributed by atoms with Crippen LogP contribution in [-0.4, -0.2) is 32.7 Å². The van der Waals surface area contributed by atoms with Gasteiger partial charge < -0.3 is 11.1 Å². The molecule has 0 bridgehead atoms. The first kappa shape index (κ1) is 18.6. The second-order valence-corrected chi connectivity index (χ2v) is 7.25. The standard InChI is InChI=1S/C15H25N3O3S/c1-3-12(2)14(16)15(19)17-9-10-22(20,21)18-11-13-7-5-4-6-8-13/h4-8,12,14,18H,3,9-11,16H2,1-2H3,(H,17,19). The number of carbonyl (C=O) groups is 1. The lowest BCUT2D eigenvalue weighted by molar-refractivity contribution is -0.123. The number of hydrogen-bond acceptors (Lipinski definition) is 4. The minimum Gasteiger partial charge on any atom is -0.354 e. The summed E-state index contributed by atoms with van der Waals surface area (Å²) >= 11 is 0. The molecule has 1 amide bonds. The maximum Gasteiger partial charge on any atom is 0.237 e. The molecule has 1 aromatic carbocycles. The summed E-state index contributed by atoms with van der Waals surface area (Å²) in [6, 6.07) is 8.64. The Morgan fingerprint density at radius 2 is 1.91 bits per heavy atom. The smallest absolute Gasteiger partial charge is 0.237 e. The van der Waals surface area contributed by atoms with Crippen LogP contribution in [0.5, 0.6) is 0 Å². The predicted molar refractivity (Wildman–Crippen MR) is 87.5 cm³/mol. The van der Waals surface area contributed by atoms with E-state index in [1.165, 1.54) is 0 Å². The van der Waals surface area contributed by atoms with Crippen LogP contribution in [0.2, 0.25) is 0 Å². The summed E-state index contributed by atoms with van der Waals surface area (Å²) in [6.45, 7) is 4.13. The lowest BCUT2D eigenvalue weighted by Gasteiger charge is -2.17. The highest BCUT2D eigenvalue weighted by Gasteiger charge is 2.19. The number of carbonyl (C=O) groups excluding carboxylic acids is 1. The molecule has 0 aliphatic rings. The molecule has 1 aromatic rings. The van der Waals surface area contributed by atoms with Gasteiger partial charge in [-0.3, -0.25) is 4.79 Å². The van der Waals surface area contributed by atoms with Crippen molar-refractivity contribution in [1.29, 1.82) is 0 Å². The molecule has 0 aliphatic heterocycles. The Morgan fingerprint density at radius 1 is 1.27 bits per heavy atom. The Hall–Kier alpha value is -1.44. The van der Waals surface area contributed by atoms with Crippen molar-refractivity contribution in [3.05, 3.63) is 35.9 Å². The van der Waals surface area contributed by atoms with Crippen LogP contribution in [0, 0.1) is 5.92 Å². The first-order valence-electron chi connectivity index (χ1n) is 7.40. The van der Waals surface area contributed by atoms with E-state index in [0.29, 0.717) is 0 Å². The van der Waals surface area contributed by atoms with E-state index in [4.69, 9.17) is 5.73 Å². The summed E-state index contributed by atoms with van der Waals surface area (Å²) in [6.07, 6.45) is 0.797. The summed E-state index contributed by atoms with van der Waals surface area (Å²) in [7, 11) is -3.43. The highest BCUT2D eigenvalue weighted by Crippen LogP contribution is 2.04. The van der Waals surface area contributed by atoms with Gasteiger partial charge in [0.05, 0.1) is 11.8 Å². The van der Waals surface area contributed by atoms with Crippen LogP contribution >= 0.6 is 0 Å². The molecule has 4 N–H and O–H groups in total. The van der Waals surface area contributed by atoms with E-state index in [1.54, 1.807) is 0 Å². The molecule has 22 heavy (non-hydrogen) atoms. The number of nitrogens with one attached hydrogen (secondary N) is 2. The largest absolute Gasteiger partial charge is 0.354 e. The predicted octanol–water partition coefficient (Wildman–Crippen LogP) is 0.596. The molecular formula is C15H25N3O3S. The second kappa shape index (κ2) is 8.87. The van der Waals surface area contributed by atoms with Crippen molar-refractivity contribution >= 4 is 15.9 Å². The minimum absolute atomic E-state index is 0.0487. The third kappa shape index (κ3) is 6.55. The van der Waals surface area contributed by atoms with Gasteiger partial charge >= 0.3 is 0 Å². The Morgan fingerprint density at radius 3 is 2.50 bits per heavy atom. The first-order valence-corrected chi connectivity index (χ1v) is 9.05. The summed E-state index contributed by atoms with van der Waals surface area (Å²) in [5.74, 6) is -0.417. The second-order valence-electron chi connectivity index (χ2n) is 5.33. The number of hydrogen-bond donors (Lipinski definition) is 3. The maximum absolute atomic E-state index is 11.9. The molecule has 0 aliphatic carbocycles. The fraction of sp³-hybridized carbons (Fsp3) is 0.533. The van der Waals surface area contributed by atoms with Crippen LogP contribution < -0.4 is 15.8 Å². The van der Waals surface area contributed by atoms with Gasteiger partial charge in [0.25, 0.3) is 0 Å². The van der Waals surface area contributed by atoms with Crippen LogP contribution in [0.25, 0.3) is 0 Å². The summed E-state index contributed by atoms with van der Waals surface area (Å²) in [5.41, 5.74) is 6.66. The molecule has 2 unspecified atom stereocenters. The topological polar surface area (TPSA) is 101 Å². The molecule has 0 heterocycles. The molecule has 2 atom stereocenters. The SMILES string of the molecule is CCC(C)C(N)C(=O)NCCS(=O)(=O)NCc1ccccc1. The Kier molecular flexibility index (Phi) is 7.50. The van der Waals surface area contributed by atoms with Crippen molar-refractivity contribution in [1.82, 2.24) is 10.0 Å². The van der Waals surface area contributed by atoms with Gasteiger partial charge in [-0.2, -0.15) is 0 Å². The van der Waals surface area contributed by atoms with E-state index in [0.717, 1.165) is 12.0 Å². The normalized spacial score (nSPS) is 14.3. The molecular weight excluding hydrogens is 302 g/mol. The minimum atomic E-state index is -3.43. The number of sulfonamides is 1. The van der Waals surface area contributed by atoms with Gasteiger partial charge in [0.2, 0.25) is 15.9 Å². The number of amides is 1. The molecule has 0 saturated heterocycles. The van der Waals surface area contributed by atoms with E-state index in [9.17, 15) is 13.2 Å². The van der Waals surface area contributed by atoms with Crippen LogP contribution in [-0.2, 0) is 21.4 Å². The quantitative estimate of drug-likeness (QED) is 0.618. The molecule has 1 rings (SSSR count). The summed E-state index contributed by atoms with van der Waals surface area (Å²) in [5, 5.41) is 2.57. The molecule has 0 saturated carbocycles. The van der Waals surface area contributed by atoms with Crippen molar-refractivity contribution in [3.63, 3.8) is 0 Å². The van der Waals surface area contributed by atoms with Gasteiger partial charge in [-0.15, -0.1) is 0 Å². The third-order valence-electron chi connectivity index (χ3n) is 3.57. The van der Waals surface area contributed by atoms with E-state index in [-0.39, 0.29) is 30.7 Å². The molecule has 6 nitrogen and oxygen atoms in total. The lowest BCUT2D eigenvalue weighted by Crippen LogP contribution is -2.46. The van der Waals surface area contributed by atoms with Gasteiger partial charge in [0.15, 0.2) is 0 Å². The Labute approximate surface area is 132 Å². The number of nitrogens with two attached hydrogens (primary N) is 1. The monoisotopic (exact) mass is 327 g/mol. The highest BCUT2D eigenvalue weighted by molar-refractivity contribution is 7.89. The summed E-state index contributed by atoms with van der Waals surface area (Å²) < 4.78 is 26.2. The third-order valence-corrected chi connectivity index (χ3v) is 4.89. The highest BCUT2D eigenvalue weighted by atomic mass is 32.2. The van der Waals surface area contributed by atoms with E-state index >= 15 is 0 Å². The van der Waals surface area contributed by atoms with Gasteiger partial charge in [-0.25, -0.2) is 13.1 Å². The average molecular weight is 327 g/mol. The van der Waals surface area contributed by atoms with Crippen molar-refractivity contribution in [2.75, 3.05) is 12.3 Å². The van der Waals surface area contributed by atoms with Gasteiger partial charge in [0.1, 0.15) is 0 Å². The molecule has 0 aromatic heterocycles. The van der Waals surface area contributed by atoms with Crippen LogP contribution in [0.15, 0.2) is 30.3 Å². The molecule has 0 spiro atoms. The summed E-state index contributed by atoms with van der Waals surface area (Å²) in [4.78, 5) is 11.8. The van der Waals surface area contributed by atoms with E-state index in [1.807, 2.05) is 44.2 Å². The molecule has 124 valence electrons. The van der Waals surface area contributed by atoms with Crippen molar-refractivity contribution in [3.8, 4) is 0 Å². The van der Waals surface area contributed by atoms with Gasteiger partial charge in [-0.05, 0) is 11.5 Å². The fourth-order valence-electron chi connectivity index (χ4n) is 1.80. The van der Waals surface area contributed by atoms with E-state index < -0.39 is 16.1 Å². The first-order chi connectivity index (χ1) is 10.4. The van der Waals surface area contributed by atoms with E-state index in [2.05, 4.69) is 10.0 Å². The van der Waals surface area contributed by atoms with Crippen molar-refractivity contribution < 1.29 is 13.2 Å². The van der Waals surface area contributed by atoms with Crippen molar-refractivity contribution in [2.45, 2.75) is 32.9 Å². The van der Waals surface area contributed by atoms with Gasteiger partial charge in [-0.1, -0.05) is 50.6 Å². The fourth-order valence-corrected chi connectivity index (χ4v) is 2.70. The Bertz CT molecular complexity index is 561. The van der Waals surface area contributed by atoms with Crippen LogP contribution in [0.4, 0.5) is 0 Å². The lowest BCUT2D eigenvalue weighted by atomic mass is 9.99. The average Bonchev–Trinajstić information content (AvgIpc) is 2.52. The van der Waals surface area contributed by atoms with Crippen LogP contribution in [0.1, 0.15) is 25.8 Å². The molecule has 0 fully saturated rings.